The zero-order valence-electron chi connectivity index (χ0n) is 19.5. The Kier molecular flexibility index (Phi) is 6.10. The third-order valence-electron chi connectivity index (χ3n) is 6.45. The number of carboxylic acids is 1. The molecule has 1 aromatic heterocycles. The number of aromatic carboxylic acids is 1. The van der Waals surface area contributed by atoms with Crippen LogP contribution in [-0.4, -0.2) is 30.3 Å². The monoisotopic (exact) mass is 465 g/mol. The average Bonchev–Trinajstić information content (AvgIpc) is 2.76. The summed E-state index contributed by atoms with van der Waals surface area (Å²) in [4.78, 5) is 17.3. The van der Waals surface area contributed by atoms with Crippen LogP contribution in [-0.2, 0) is 6.42 Å². The number of halogens is 1. The molecule has 3 aromatic rings. The summed E-state index contributed by atoms with van der Waals surface area (Å²) < 4.78 is 10.8. The number of pyridine rings is 1. The van der Waals surface area contributed by atoms with E-state index in [1.807, 2.05) is 42.5 Å². The quantitative estimate of drug-likeness (QED) is 0.461. The average molecular weight is 466 g/mol. The largest absolute Gasteiger partial charge is 0.493 e. The highest BCUT2D eigenvalue weighted by Gasteiger charge is 2.35. The molecule has 0 amide bonds. The molecule has 0 saturated carbocycles. The number of hydrogen-bond acceptors (Lipinski definition) is 4. The lowest BCUT2D eigenvalue weighted by molar-refractivity contribution is 0.0696. The molecule has 33 heavy (non-hydrogen) atoms. The highest BCUT2D eigenvalue weighted by Crippen LogP contribution is 2.45. The van der Waals surface area contributed by atoms with E-state index < -0.39 is 5.97 Å². The Labute approximate surface area is 199 Å². The van der Waals surface area contributed by atoms with Crippen LogP contribution in [0.15, 0.2) is 36.4 Å². The summed E-state index contributed by atoms with van der Waals surface area (Å²) in [7, 11) is 3.12. The van der Waals surface area contributed by atoms with E-state index in [2.05, 4.69) is 20.8 Å². The summed E-state index contributed by atoms with van der Waals surface area (Å²) in [5.41, 5.74) is 4.41. The van der Waals surface area contributed by atoms with E-state index >= 15 is 0 Å². The van der Waals surface area contributed by atoms with Gasteiger partial charge in [-0.05, 0) is 65.1 Å². The Morgan fingerprint density at radius 1 is 1.15 bits per heavy atom. The number of para-hydroxylation sites is 1. The molecule has 0 aliphatic heterocycles. The van der Waals surface area contributed by atoms with Gasteiger partial charge in [0.05, 0.1) is 36.0 Å². The van der Waals surface area contributed by atoms with Crippen molar-refractivity contribution in [2.75, 3.05) is 14.2 Å². The lowest BCUT2D eigenvalue weighted by atomic mass is 9.69. The van der Waals surface area contributed by atoms with Gasteiger partial charge in [-0.2, -0.15) is 0 Å². The van der Waals surface area contributed by atoms with Crippen molar-refractivity contribution in [2.45, 2.75) is 33.6 Å². The van der Waals surface area contributed by atoms with E-state index in [9.17, 15) is 9.90 Å². The number of benzene rings is 2. The molecule has 5 nitrogen and oxygen atoms in total. The van der Waals surface area contributed by atoms with E-state index in [0.717, 1.165) is 28.8 Å². The molecule has 0 saturated heterocycles. The van der Waals surface area contributed by atoms with E-state index in [0.29, 0.717) is 39.4 Å². The standard InChI is InChI=1S/C27H28ClNO4/c1-27(2,3)17-13-16(10-15-11-20(28)25(33-5)22(12-15)32-4)24-19(14-17)23(26(30)31)18-8-6-7-9-21(18)29-24/h6-12,17H,13-14H2,1-5H3,(H,30,31). The third-order valence-corrected chi connectivity index (χ3v) is 6.73. The van der Waals surface area contributed by atoms with Crippen LogP contribution in [0.5, 0.6) is 11.5 Å². The second-order valence-electron chi connectivity index (χ2n) is 9.52. The fraction of sp³-hybridized carbons (Fsp3) is 0.333. The highest BCUT2D eigenvalue weighted by atomic mass is 35.5. The van der Waals surface area contributed by atoms with Crippen LogP contribution in [0.25, 0.3) is 22.6 Å². The van der Waals surface area contributed by atoms with E-state index in [1.165, 1.54) is 0 Å². The molecule has 0 spiro atoms. The molecule has 0 fully saturated rings. The number of nitrogens with zero attached hydrogens (tertiary/aromatic N) is 1. The van der Waals surface area contributed by atoms with Crippen molar-refractivity contribution >= 4 is 40.1 Å². The van der Waals surface area contributed by atoms with Gasteiger partial charge in [-0.3, -0.25) is 0 Å². The van der Waals surface area contributed by atoms with Crippen LogP contribution in [0.4, 0.5) is 0 Å². The van der Waals surface area contributed by atoms with Gasteiger partial charge >= 0.3 is 5.97 Å². The van der Waals surface area contributed by atoms with Gasteiger partial charge in [-0.25, -0.2) is 9.78 Å². The van der Waals surface area contributed by atoms with Crippen molar-refractivity contribution < 1.29 is 19.4 Å². The minimum atomic E-state index is -0.923. The Balaban J connectivity index is 1.99. The first-order chi connectivity index (χ1) is 15.6. The topological polar surface area (TPSA) is 68.7 Å². The molecule has 0 bridgehead atoms. The van der Waals surface area contributed by atoms with Crippen LogP contribution in [0.3, 0.4) is 0 Å². The number of carboxylic acid groups (broad SMARTS) is 1. The maximum absolute atomic E-state index is 12.4. The van der Waals surface area contributed by atoms with Crippen LogP contribution in [0.2, 0.25) is 5.02 Å². The number of fused-ring (bicyclic) bond motifs is 2. The van der Waals surface area contributed by atoms with Gasteiger partial charge in [0.2, 0.25) is 0 Å². The first-order valence-corrected chi connectivity index (χ1v) is 11.3. The molecule has 1 atom stereocenters. The maximum atomic E-state index is 12.4. The molecular formula is C27H28ClNO4. The van der Waals surface area contributed by atoms with Gasteiger partial charge in [0, 0.05) is 5.39 Å². The predicted octanol–water partition coefficient (Wildman–Crippen LogP) is 6.75. The van der Waals surface area contributed by atoms with Gasteiger partial charge in [0.15, 0.2) is 11.5 Å². The maximum Gasteiger partial charge on any atom is 0.336 e. The van der Waals surface area contributed by atoms with E-state index in [1.54, 1.807) is 14.2 Å². The van der Waals surface area contributed by atoms with Crippen LogP contribution < -0.4 is 9.47 Å². The van der Waals surface area contributed by atoms with Gasteiger partial charge in [0.1, 0.15) is 0 Å². The molecule has 0 radical (unpaired) electrons. The number of carbonyl (C=O) groups is 1. The van der Waals surface area contributed by atoms with Crippen molar-refractivity contribution in [1.29, 1.82) is 0 Å². The smallest absolute Gasteiger partial charge is 0.336 e. The van der Waals surface area contributed by atoms with Crippen molar-refractivity contribution in [1.82, 2.24) is 4.98 Å². The predicted molar refractivity (Wildman–Crippen MR) is 132 cm³/mol. The Morgan fingerprint density at radius 2 is 1.88 bits per heavy atom. The second kappa shape index (κ2) is 8.71. The summed E-state index contributed by atoms with van der Waals surface area (Å²) in [6.45, 7) is 6.59. The normalized spacial score (nSPS) is 17.2. The van der Waals surface area contributed by atoms with Gasteiger partial charge < -0.3 is 14.6 Å². The SMILES string of the molecule is COc1cc(C=C2CC(C(C)(C)C)Cc3c2nc2ccccc2c3C(=O)O)cc(Cl)c1OC. The van der Waals surface area contributed by atoms with Crippen LogP contribution >= 0.6 is 11.6 Å². The molecule has 1 aliphatic rings. The van der Waals surface area contributed by atoms with Gasteiger partial charge in [-0.15, -0.1) is 0 Å². The number of hydrogen-bond donors (Lipinski definition) is 1. The zero-order valence-corrected chi connectivity index (χ0v) is 20.3. The lowest BCUT2D eigenvalue weighted by Gasteiger charge is -2.36. The Bertz CT molecular complexity index is 1270. The number of aromatic nitrogens is 1. The summed E-state index contributed by atoms with van der Waals surface area (Å²) in [5.74, 6) is 0.356. The van der Waals surface area contributed by atoms with Crippen molar-refractivity contribution in [3.63, 3.8) is 0 Å². The highest BCUT2D eigenvalue weighted by molar-refractivity contribution is 6.32. The second-order valence-corrected chi connectivity index (χ2v) is 9.92. The number of methoxy groups -OCH3 is 2. The van der Waals surface area contributed by atoms with Crippen molar-refractivity contribution in [2.24, 2.45) is 11.3 Å². The Morgan fingerprint density at radius 3 is 2.52 bits per heavy atom. The molecule has 6 heteroatoms. The summed E-state index contributed by atoms with van der Waals surface area (Å²) in [6, 6.07) is 11.1. The molecule has 1 N–H and O–H groups in total. The van der Waals surface area contributed by atoms with Gasteiger partial charge in [-0.1, -0.05) is 50.6 Å². The molecule has 172 valence electrons. The molecule has 2 aromatic carbocycles. The first kappa shape index (κ1) is 23.1. The minimum Gasteiger partial charge on any atom is -0.493 e. The third kappa shape index (κ3) is 4.30. The summed E-state index contributed by atoms with van der Waals surface area (Å²) in [6.07, 6.45) is 3.49. The van der Waals surface area contributed by atoms with Crippen LogP contribution in [0.1, 0.15) is 54.4 Å². The molecule has 4 rings (SSSR count). The van der Waals surface area contributed by atoms with Crippen molar-refractivity contribution in [3.05, 3.63) is 63.8 Å². The molecule has 1 unspecified atom stereocenters. The lowest BCUT2D eigenvalue weighted by Crippen LogP contribution is -2.28. The first-order valence-electron chi connectivity index (χ1n) is 10.9. The van der Waals surface area contributed by atoms with E-state index in [-0.39, 0.29) is 11.3 Å². The zero-order chi connectivity index (χ0) is 23.9. The molecule has 1 heterocycles. The van der Waals surface area contributed by atoms with Crippen LogP contribution in [0, 0.1) is 11.3 Å². The fourth-order valence-electron chi connectivity index (χ4n) is 4.60. The van der Waals surface area contributed by atoms with Crippen molar-refractivity contribution in [3.8, 4) is 11.5 Å². The number of ether oxygens (including phenoxy) is 2. The Hall–Kier alpha value is -3.05. The summed E-state index contributed by atoms with van der Waals surface area (Å²) in [5, 5.41) is 11.3. The number of rotatable bonds is 4. The fourth-order valence-corrected chi connectivity index (χ4v) is 4.90. The van der Waals surface area contributed by atoms with Gasteiger partial charge in [0.25, 0.3) is 0 Å². The summed E-state index contributed by atoms with van der Waals surface area (Å²) >= 11 is 6.45. The van der Waals surface area contributed by atoms with E-state index in [4.69, 9.17) is 26.1 Å². The minimum absolute atomic E-state index is 0.00651. The molecular weight excluding hydrogens is 438 g/mol. The molecule has 1 aliphatic carbocycles. The number of allylic oxidation sites excluding steroid dienone is 1.